The van der Waals surface area contributed by atoms with Gasteiger partial charge in [-0.3, -0.25) is 26.8 Å². The van der Waals surface area contributed by atoms with E-state index in [0.717, 1.165) is 18.4 Å². The van der Waals surface area contributed by atoms with Gasteiger partial charge in [-0.05, 0) is 43.4 Å². The summed E-state index contributed by atoms with van der Waals surface area (Å²) in [5.74, 6) is -2.70. The first kappa shape index (κ1) is 27.5. The van der Waals surface area contributed by atoms with Gasteiger partial charge in [0.2, 0.25) is 17.5 Å². The molecule has 1 aliphatic carbocycles. The van der Waals surface area contributed by atoms with Gasteiger partial charge in [-0.1, -0.05) is 32.0 Å². The third-order valence-corrected chi connectivity index (χ3v) is 7.11. The standard InChI is InChI=1S/C26H29IN6O5/c1-14(2)12-19(32-26(38)22-30-17-7-3-4-8-20(17)33(22)27)24(36)31-18(13-15-6-5-11-28-23(15)35)21(34)25(37)29-16-9-10-16/h3-8,11,14,16,18-19H,9-10,12-13H2,1-2H3,(H,28,35)(H,29,37)(H,31,36)(H,32,38). The Balaban J connectivity index is 1.55. The molecule has 3 amide bonds. The molecule has 2 heterocycles. The topological polar surface area (TPSA) is 155 Å². The molecule has 200 valence electrons. The van der Waals surface area contributed by atoms with Gasteiger partial charge in [0, 0.05) is 24.2 Å². The van der Waals surface area contributed by atoms with E-state index in [-0.39, 0.29) is 36.2 Å². The number of benzene rings is 1. The molecule has 0 aliphatic heterocycles. The molecule has 1 aromatic carbocycles. The number of pyridine rings is 1. The maximum atomic E-state index is 13.4. The van der Waals surface area contributed by atoms with Gasteiger partial charge in [0.25, 0.3) is 17.4 Å². The van der Waals surface area contributed by atoms with E-state index in [2.05, 4.69) is 25.9 Å². The average molecular weight is 632 g/mol. The van der Waals surface area contributed by atoms with Gasteiger partial charge in [-0.2, -0.15) is 0 Å². The van der Waals surface area contributed by atoms with E-state index < -0.39 is 41.1 Å². The van der Waals surface area contributed by atoms with E-state index in [1.807, 2.05) is 54.9 Å². The largest absolute Gasteiger partial charge is 0.347 e. The van der Waals surface area contributed by atoms with Gasteiger partial charge < -0.3 is 20.9 Å². The Labute approximate surface area is 232 Å². The molecule has 2 atom stereocenters. The molecule has 0 saturated heterocycles. The number of hydrogen-bond acceptors (Lipinski definition) is 6. The zero-order valence-electron chi connectivity index (χ0n) is 21.0. The van der Waals surface area contributed by atoms with Crippen LogP contribution in [0.1, 0.15) is 49.3 Å². The molecular weight excluding hydrogens is 603 g/mol. The van der Waals surface area contributed by atoms with Crippen LogP contribution < -0.4 is 21.5 Å². The number of imidazole rings is 1. The first-order chi connectivity index (χ1) is 18.1. The van der Waals surface area contributed by atoms with E-state index in [1.54, 1.807) is 14.9 Å². The number of ketones is 1. The minimum atomic E-state index is -1.29. The Bertz CT molecular complexity index is 1430. The number of H-pyrrole nitrogens is 1. The third kappa shape index (κ3) is 6.65. The molecule has 2 aromatic heterocycles. The van der Waals surface area contributed by atoms with Crippen molar-refractivity contribution in [2.45, 2.75) is 57.7 Å². The zero-order chi connectivity index (χ0) is 27.4. The second-order valence-electron chi connectivity index (χ2n) is 9.76. The van der Waals surface area contributed by atoms with Crippen molar-refractivity contribution >= 4 is 57.4 Å². The summed E-state index contributed by atoms with van der Waals surface area (Å²) in [4.78, 5) is 71.4. The predicted octanol–water partition coefficient (Wildman–Crippen LogP) is 1.64. The SMILES string of the molecule is CC(C)CC(NC(=O)c1nc2ccccc2n1I)C(=O)NC(Cc1ccc[nH]c1=O)C(=O)C(=O)NC1CC1. The molecule has 3 aromatic rings. The molecule has 4 N–H and O–H groups in total. The highest BCUT2D eigenvalue weighted by Crippen LogP contribution is 2.20. The quantitative estimate of drug-likeness (QED) is 0.186. The molecule has 4 rings (SSSR count). The van der Waals surface area contributed by atoms with Crippen LogP contribution in [-0.4, -0.2) is 54.4 Å². The van der Waals surface area contributed by atoms with Crippen molar-refractivity contribution in [3.63, 3.8) is 0 Å². The molecular formula is C26H29IN6O5. The van der Waals surface area contributed by atoms with E-state index in [4.69, 9.17) is 0 Å². The number of halogens is 1. The molecule has 1 saturated carbocycles. The van der Waals surface area contributed by atoms with Crippen molar-refractivity contribution in [2.24, 2.45) is 5.92 Å². The lowest BCUT2D eigenvalue weighted by Gasteiger charge is -2.23. The number of amides is 3. The first-order valence-electron chi connectivity index (χ1n) is 12.4. The number of fused-ring (bicyclic) bond motifs is 1. The highest BCUT2D eigenvalue weighted by atomic mass is 127. The van der Waals surface area contributed by atoms with Crippen LogP contribution in [0, 0.1) is 5.92 Å². The molecule has 1 fully saturated rings. The fourth-order valence-electron chi connectivity index (χ4n) is 4.02. The molecule has 0 bridgehead atoms. The van der Waals surface area contributed by atoms with Gasteiger partial charge in [-0.25, -0.2) is 4.98 Å². The number of hydrogen-bond donors (Lipinski definition) is 4. The highest BCUT2D eigenvalue weighted by Gasteiger charge is 2.34. The van der Waals surface area contributed by atoms with Crippen molar-refractivity contribution in [1.82, 2.24) is 28.7 Å². The van der Waals surface area contributed by atoms with Crippen molar-refractivity contribution in [3.8, 4) is 0 Å². The lowest BCUT2D eigenvalue weighted by atomic mass is 9.99. The summed E-state index contributed by atoms with van der Waals surface area (Å²) in [6, 6.07) is 8.06. The van der Waals surface area contributed by atoms with Crippen LogP contribution in [0.15, 0.2) is 47.4 Å². The van der Waals surface area contributed by atoms with Crippen LogP contribution in [0.25, 0.3) is 11.0 Å². The summed E-state index contributed by atoms with van der Waals surface area (Å²) in [5.41, 5.74) is 1.21. The summed E-state index contributed by atoms with van der Waals surface area (Å²) >= 11 is 1.98. The van der Waals surface area contributed by atoms with Crippen molar-refractivity contribution in [2.75, 3.05) is 0 Å². The molecule has 12 heteroatoms. The lowest BCUT2D eigenvalue weighted by molar-refractivity contribution is -0.140. The summed E-state index contributed by atoms with van der Waals surface area (Å²) in [6.07, 6.45) is 3.14. The maximum Gasteiger partial charge on any atom is 0.289 e. The fraction of sp³-hybridized carbons (Fsp3) is 0.385. The van der Waals surface area contributed by atoms with Crippen LogP contribution in [0.3, 0.4) is 0 Å². The molecule has 38 heavy (non-hydrogen) atoms. The molecule has 2 unspecified atom stereocenters. The maximum absolute atomic E-state index is 13.4. The molecule has 0 spiro atoms. The average Bonchev–Trinajstić information content (AvgIpc) is 3.64. The molecule has 11 nitrogen and oxygen atoms in total. The lowest BCUT2D eigenvalue weighted by Crippen LogP contribution is -2.55. The van der Waals surface area contributed by atoms with Crippen LogP contribution in [0.2, 0.25) is 0 Å². The van der Waals surface area contributed by atoms with Gasteiger partial charge in [0.05, 0.1) is 33.9 Å². The smallest absolute Gasteiger partial charge is 0.289 e. The predicted molar refractivity (Wildman–Crippen MR) is 149 cm³/mol. The number of rotatable bonds is 11. The Hall–Kier alpha value is -3.55. The Morgan fingerprint density at radius 3 is 2.47 bits per heavy atom. The van der Waals surface area contributed by atoms with E-state index in [9.17, 15) is 24.0 Å². The second-order valence-corrected chi connectivity index (χ2v) is 10.7. The third-order valence-electron chi connectivity index (χ3n) is 6.13. The van der Waals surface area contributed by atoms with Gasteiger partial charge in [-0.15, -0.1) is 0 Å². The minimum Gasteiger partial charge on any atom is -0.347 e. The van der Waals surface area contributed by atoms with Gasteiger partial charge in [0.1, 0.15) is 12.1 Å². The fourth-order valence-corrected chi connectivity index (χ4v) is 4.76. The van der Waals surface area contributed by atoms with Crippen LogP contribution >= 0.6 is 22.9 Å². The summed E-state index contributed by atoms with van der Waals surface area (Å²) in [5, 5.41) is 8.00. The number of aromatic amines is 1. The normalized spacial score (nSPS) is 14.6. The molecule has 1 aliphatic rings. The Morgan fingerprint density at radius 1 is 1.08 bits per heavy atom. The van der Waals surface area contributed by atoms with Crippen molar-refractivity contribution in [1.29, 1.82) is 0 Å². The second kappa shape index (κ2) is 11.9. The molecule has 0 radical (unpaired) electrons. The summed E-state index contributed by atoms with van der Waals surface area (Å²) < 4.78 is 1.61. The number of aromatic nitrogens is 3. The van der Waals surface area contributed by atoms with E-state index >= 15 is 0 Å². The Morgan fingerprint density at radius 2 is 1.82 bits per heavy atom. The summed E-state index contributed by atoms with van der Waals surface area (Å²) in [7, 11) is 0. The zero-order valence-corrected chi connectivity index (χ0v) is 23.2. The number of carbonyl (C=O) groups excluding carboxylic acids is 4. The van der Waals surface area contributed by atoms with Gasteiger partial charge in [0.15, 0.2) is 0 Å². The number of Topliss-reactive ketones (excluding diaryl/α,β-unsaturated/α-hetero) is 1. The van der Waals surface area contributed by atoms with E-state index in [0.29, 0.717) is 5.52 Å². The van der Waals surface area contributed by atoms with E-state index in [1.165, 1.54) is 12.3 Å². The monoisotopic (exact) mass is 632 g/mol. The van der Waals surface area contributed by atoms with Crippen LogP contribution in [0.5, 0.6) is 0 Å². The number of nitrogens with one attached hydrogen (secondary N) is 4. The number of carbonyl (C=O) groups is 4. The Kier molecular flexibility index (Phi) is 8.59. The highest BCUT2D eigenvalue weighted by molar-refractivity contribution is 14.1. The van der Waals surface area contributed by atoms with Crippen LogP contribution in [0.4, 0.5) is 0 Å². The number of para-hydroxylation sites is 2. The minimum absolute atomic E-state index is 0.0220. The summed E-state index contributed by atoms with van der Waals surface area (Å²) in [6.45, 7) is 3.80. The van der Waals surface area contributed by atoms with Crippen molar-refractivity contribution < 1.29 is 19.2 Å². The van der Waals surface area contributed by atoms with Crippen LogP contribution in [-0.2, 0) is 20.8 Å². The first-order valence-corrected chi connectivity index (χ1v) is 13.4. The number of nitrogens with zero attached hydrogens (tertiary/aromatic N) is 2. The van der Waals surface area contributed by atoms with Crippen molar-refractivity contribution in [3.05, 3.63) is 64.3 Å². The van der Waals surface area contributed by atoms with Gasteiger partial charge >= 0.3 is 0 Å².